The summed E-state index contributed by atoms with van der Waals surface area (Å²) in [5.74, 6) is 0. The topological polar surface area (TPSA) is 3.88 Å². The minimum absolute atomic E-state index is 1.16. The molecule has 1 heterocycles. The zero-order valence-electron chi connectivity index (χ0n) is 6.64. The summed E-state index contributed by atoms with van der Waals surface area (Å²) in [4.78, 5) is 0. The van der Waals surface area contributed by atoms with Gasteiger partial charge in [-0.15, -0.1) is 0 Å². The van der Waals surface area contributed by atoms with Gasteiger partial charge in [-0.1, -0.05) is 6.07 Å². The van der Waals surface area contributed by atoms with Crippen molar-refractivity contribution in [1.82, 2.24) is 0 Å². The van der Waals surface area contributed by atoms with E-state index in [9.17, 15) is 0 Å². The SMILES string of the molecule is [c]1ccc(-[n+]2ccccc2)cc1. The third-order valence-corrected chi connectivity index (χ3v) is 1.71. The lowest BCUT2D eigenvalue weighted by atomic mass is 10.3. The van der Waals surface area contributed by atoms with Crippen molar-refractivity contribution in [3.05, 3.63) is 60.9 Å². The minimum atomic E-state index is 1.16. The summed E-state index contributed by atoms with van der Waals surface area (Å²) in [5, 5.41) is 0. The summed E-state index contributed by atoms with van der Waals surface area (Å²) in [5.41, 5.74) is 1.16. The Labute approximate surface area is 71.9 Å². The van der Waals surface area contributed by atoms with E-state index in [1.54, 1.807) is 0 Å². The summed E-state index contributed by atoms with van der Waals surface area (Å²) in [7, 11) is 0. The molecule has 1 nitrogen and oxygen atoms in total. The number of benzene rings is 1. The van der Waals surface area contributed by atoms with Gasteiger partial charge in [0.2, 0.25) is 5.69 Å². The van der Waals surface area contributed by atoms with Gasteiger partial charge in [-0.05, 0) is 18.2 Å². The normalized spacial score (nSPS) is 9.67. The maximum Gasteiger partial charge on any atom is 0.210 e. The standard InChI is InChI=1S/C11H9N/c1-3-7-11(8-4-1)12-9-5-2-6-10-12/h2-10H/q+1. The summed E-state index contributed by atoms with van der Waals surface area (Å²) < 4.78 is 2.06. The van der Waals surface area contributed by atoms with Crippen LogP contribution in [-0.2, 0) is 0 Å². The van der Waals surface area contributed by atoms with Crippen molar-refractivity contribution in [3.63, 3.8) is 0 Å². The van der Waals surface area contributed by atoms with Crippen LogP contribution < -0.4 is 4.57 Å². The Morgan fingerprint density at radius 2 is 1.58 bits per heavy atom. The molecular weight excluding hydrogens is 146 g/mol. The zero-order valence-corrected chi connectivity index (χ0v) is 6.64. The first-order valence-electron chi connectivity index (χ1n) is 3.89. The molecule has 0 saturated carbocycles. The molecule has 1 radical (unpaired) electrons. The monoisotopic (exact) mass is 155 g/mol. The van der Waals surface area contributed by atoms with Crippen LogP contribution in [0.1, 0.15) is 0 Å². The smallest absolute Gasteiger partial charge is 0.167 e. The molecule has 0 atom stereocenters. The molecule has 0 unspecified atom stereocenters. The van der Waals surface area contributed by atoms with E-state index in [2.05, 4.69) is 10.6 Å². The summed E-state index contributed by atoms with van der Waals surface area (Å²) >= 11 is 0. The molecule has 1 aromatic carbocycles. The second-order valence-electron chi connectivity index (χ2n) is 2.54. The molecule has 0 amide bonds. The third-order valence-electron chi connectivity index (χ3n) is 1.71. The molecule has 0 aliphatic rings. The number of nitrogens with zero attached hydrogens (tertiary/aromatic N) is 1. The van der Waals surface area contributed by atoms with Gasteiger partial charge in [-0.2, -0.15) is 4.57 Å². The van der Waals surface area contributed by atoms with Crippen LogP contribution in [0.4, 0.5) is 0 Å². The number of aromatic nitrogens is 1. The van der Waals surface area contributed by atoms with Gasteiger partial charge < -0.3 is 0 Å². The van der Waals surface area contributed by atoms with Crippen LogP contribution in [0.5, 0.6) is 0 Å². The predicted octanol–water partition coefficient (Wildman–Crippen LogP) is 1.76. The van der Waals surface area contributed by atoms with Crippen LogP contribution >= 0.6 is 0 Å². The number of hydrogen-bond donors (Lipinski definition) is 0. The fourth-order valence-electron chi connectivity index (χ4n) is 1.12. The molecule has 0 fully saturated rings. The number of pyridine rings is 1. The van der Waals surface area contributed by atoms with Gasteiger partial charge >= 0.3 is 0 Å². The lowest BCUT2D eigenvalue weighted by Crippen LogP contribution is -2.28. The molecular formula is C11H9N+. The Kier molecular flexibility index (Phi) is 1.87. The number of rotatable bonds is 1. The lowest BCUT2D eigenvalue weighted by Gasteiger charge is -1.91. The van der Waals surface area contributed by atoms with Crippen molar-refractivity contribution in [2.24, 2.45) is 0 Å². The number of hydrogen-bond acceptors (Lipinski definition) is 0. The molecule has 0 aliphatic heterocycles. The van der Waals surface area contributed by atoms with E-state index < -0.39 is 0 Å². The first-order chi connectivity index (χ1) is 5.97. The van der Waals surface area contributed by atoms with Crippen molar-refractivity contribution in [2.75, 3.05) is 0 Å². The molecule has 2 aromatic rings. The highest BCUT2D eigenvalue weighted by Crippen LogP contribution is 1.95. The Bertz CT molecular complexity index is 302. The van der Waals surface area contributed by atoms with Gasteiger partial charge in [-0.25, -0.2) is 0 Å². The maximum absolute atomic E-state index is 2.99. The van der Waals surface area contributed by atoms with Crippen molar-refractivity contribution in [2.45, 2.75) is 0 Å². The van der Waals surface area contributed by atoms with E-state index in [1.807, 2.05) is 54.9 Å². The van der Waals surface area contributed by atoms with Crippen LogP contribution in [0.25, 0.3) is 5.69 Å². The highest BCUT2D eigenvalue weighted by molar-refractivity contribution is 5.20. The van der Waals surface area contributed by atoms with Crippen LogP contribution in [0.15, 0.2) is 54.9 Å². The fourth-order valence-corrected chi connectivity index (χ4v) is 1.12. The average molecular weight is 155 g/mol. The fraction of sp³-hybridized carbons (Fsp3) is 0. The van der Waals surface area contributed by atoms with E-state index in [0.717, 1.165) is 5.69 Å². The Morgan fingerprint density at radius 1 is 0.917 bits per heavy atom. The van der Waals surface area contributed by atoms with Gasteiger partial charge in [-0.3, -0.25) is 0 Å². The van der Waals surface area contributed by atoms with E-state index in [1.165, 1.54) is 0 Å². The highest BCUT2D eigenvalue weighted by Gasteiger charge is 1.99. The highest BCUT2D eigenvalue weighted by atomic mass is 14.9. The Hall–Kier alpha value is -1.63. The van der Waals surface area contributed by atoms with E-state index in [-0.39, 0.29) is 0 Å². The average Bonchev–Trinajstić information content (AvgIpc) is 2.21. The summed E-state index contributed by atoms with van der Waals surface area (Å²) in [6, 6.07) is 16.9. The molecule has 1 heteroatoms. The van der Waals surface area contributed by atoms with Gasteiger partial charge in [0.15, 0.2) is 12.4 Å². The van der Waals surface area contributed by atoms with Crippen LogP contribution in [-0.4, -0.2) is 0 Å². The van der Waals surface area contributed by atoms with Crippen molar-refractivity contribution in [3.8, 4) is 5.69 Å². The first-order valence-corrected chi connectivity index (χ1v) is 3.89. The van der Waals surface area contributed by atoms with Crippen molar-refractivity contribution < 1.29 is 4.57 Å². The molecule has 2 rings (SSSR count). The van der Waals surface area contributed by atoms with Gasteiger partial charge in [0.1, 0.15) is 0 Å². The van der Waals surface area contributed by atoms with Crippen LogP contribution in [0, 0.1) is 6.07 Å². The molecule has 0 bridgehead atoms. The minimum Gasteiger partial charge on any atom is -0.167 e. The maximum atomic E-state index is 2.99. The molecule has 0 saturated heterocycles. The second-order valence-corrected chi connectivity index (χ2v) is 2.54. The predicted molar refractivity (Wildman–Crippen MR) is 46.8 cm³/mol. The van der Waals surface area contributed by atoms with Crippen molar-refractivity contribution >= 4 is 0 Å². The first kappa shape index (κ1) is 7.04. The Morgan fingerprint density at radius 3 is 2.25 bits per heavy atom. The van der Waals surface area contributed by atoms with E-state index in [4.69, 9.17) is 0 Å². The second kappa shape index (κ2) is 3.18. The lowest BCUT2D eigenvalue weighted by molar-refractivity contribution is -0.595. The van der Waals surface area contributed by atoms with Gasteiger partial charge in [0, 0.05) is 24.3 Å². The van der Waals surface area contributed by atoms with Gasteiger partial charge in [0.05, 0.1) is 0 Å². The van der Waals surface area contributed by atoms with Gasteiger partial charge in [0.25, 0.3) is 0 Å². The van der Waals surface area contributed by atoms with Crippen LogP contribution in [0.2, 0.25) is 0 Å². The third kappa shape index (κ3) is 1.35. The quantitative estimate of drug-likeness (QED) is 0.552. The molecule has 0 N–H and O–H groups in total. The molecule has 12 heavy (non-hydrogen) atoms. The molecule has 57 valence electrons. The summed E-state index contributed by atoms with van der Waals surface area (Å²) in [6.07, 6.45) is 4.05. The largest absolute Gasteiger partial charge is 0.210 e. The molecule has 0 aliphatic carbocycles. The summed E-state index contributed by atoms with van der Waals surface area (Å²) in [6.45, 7) is 0. The zero-order chi connectivity index (χ0) is 8.23. The molecule has 1 aromatic heterocycles. The Balaban J connectivity index is 2.46. The van der Waals surface area contributed by atoms with Crippen LogP contribution in [0.3, 0.4) is 0 Å². The van der Waals surface area contributed by atoms with E-state index >= 15 is 0 Å². The van der Waals surface area contributed by atoms with E-state index in [0.29, 0.717) is 0 Å². The molecule has 0 spiro atoms. The van der Waals surface area contributed by atoms with Crippen molar-refractivity contribution in [1.29, 1.82) is 0 Å².